The van der Waals surface area contributed by atoms with Gasteiger partial charge in [0.25, 0.3) is 0 Å². The molecule has 2 atom stereocenters. The van der Waals surface area contributed by atoms with E-state index in [0.717, 1.165) is 11.8 Å². The SMILES string of the molecule is CNC1C(N(CC(C)C)CC(C)C)CCCC1(C)C. The smallest absolute Gasteiger partial charge is 0.0271 e. The van der Waals surface area contributed by atoms with Crippen molar-refractivity contribution in [2.45, 2.75) is 72.9 Å². The lowest BCUT2D eigenvalue weighted by Crippen LogP contribution is -2.59. The number of hydrogen-bond donors (Lipinski definition) is 1. The molecule has 19 heavy (non-hydrogen) atoms. The van der Waals surface area contributed by atoms with E-state index in [1.54, 1.807) is 0 Å². The van der Waals surface area contributed by atoms with Crippen LogP contribution in [0.5, 0.6) is 0 Å². The average Bonchev–Trinajstić information content (AvgIpc) is 2.25. The highest BCUT2D eigenvalue weighted by Gasteiger charge is 2.40. The fourth-order valence-corrected chi connectivity index (χ4v) is 3.87. The number of rotatable bonds is 6. The van der Waals surface area contributed by atoms with Crippen LogP contribution in [0.1, 0.15) is 60.8 Å². The van der Waals surface area contributed by atoms with E-state index in [-0.39, 0.29) is 0 Å². The zero-order valence-electron chi connectivity index (χ0n) is 14.3. The summed E-state index contributed by atoms with van der Waals surface area (Å²) in [6, 6.07) is 1.33. The molecule has 114 valence electrons. The van der Waals surface area contributed by atoms with Gasteiger partial charge in [0.05, 0.1) is 0 Å². The molecule has 1 saturated carbocycles. The minimum atomic E-state index is 0.421. The Morgan fingerprint density at radius 1 is 1.11 bits per heavy atom. The maximum Gasteiger partial charge on any atom is 0.0271 e. The Labute approximate surface area is 121 Å². The monoisotopic (exact) mass is 268 g/mol. The van der Waals surface area contributed by atoms with Crippen molar-refractivity contribution >= 4 is 0 Å². The molecule has 0 spiro atoms. The third-order valence-corrected chi connectivity index (χ3v) is 4.53. The molecule has 0 aliphatic heterocycles. The molecule has 1 fully saturated rings. The maximum absolute atomic E-state index is 3.63. The molecule has 0 saturated heterocycles. The van der Waals surface area contributed by atoms with Crippen LogP contribution in [-0.2, 0) is 0 Å². The summed E-state index contributed by atoms with van der Waals surface area (Å²) in [6.45, 7) is 16.7. The number of nitrogens with zero attached hydrogens (tertiary/aromatic N) is 1. The molecule has 0 amide bonds. The van der Waals surface area contributed by atoms with Crippen molar-refractivity contribution in [2.75, 3.05) is 20.1 Å². The van der Waals surface area contributed by atoms with Gasteiger partial charge in [0, 0.05) is 25.2 Å². The van der Waals surface area contributed by atoms with Crippen molar-refractivity contribution in [3.05, 3.63) is 0 Å². The van der Waals surface area contributed by atoms with Crippen LogP contribution in [0.15, 0.2) is 0 Å². The van der Waals surface area contributed by atoms with Gasteiger partial charge in [0.2, 0.25) is 0 Å². The summed E-state index contributed by atoms with van der Waals surface area (Å²) in [5.41, 5.74) is 0.421. The highest BCUT2D eigenvalue weighted by Crippen LogP contribution is 2.38. The summed E-state index contributed by atoms with van der Waals surface area (Å²) < 4.78 is 0. The first kappa shape index (κ1) is 17.0. The maximum atomic E-state index is 3.63. The van der Waals surface area contributed by atoms with Crippen LogP contribution in [0.25, 0.3) is 0 Å². The van der Waals surface area contributed by atoms with Crippen LogP contribution in [-0.4, -0.2) is 37.1 Å². The lowest BCUT2D eigenvalue weighted by molar-refractivity contribution is 0.0387. The van der Waals surface area contributed by atoms with Crippen LogP contribution < -0.4 is 5.32 Å². The van der Waals surface area contributed by atoms with Gasteiger partial charge in [-0.2, -0.15) is 0 Å². The lowest BCUT2D eigenvalue weighted by atomic mass is 9.70. The van der Waals surface area contributed by atoms with Gasteiger partial charge in [-0.3, -0.25) is 4.90 Å². The van der Waals surface area contributed by atoms with Gasteiger partial charge in [-0.05, 0) is 37.1 Å². The summed E-state index contributed by atoms with van der Waals surface area (Å²) in [7, 11) is 2.15. The second-order valence-corrected chi connectivity index (χ2v) is 7.96. The number of hydrogen-bond acceptors (Lipinski definition) is 2. The minimum absolute atomic E-state index is 0.421. The fraction of sp³-hybridized carbons (Fsp3) is 1.00. The third kappa shape index (κ3) is 4.75. The van der Waals surface area contributed by atoms with Gasteiger partial charge in [-0.15, -0.1) is 0 Å². The quantitative estimate of drug-likeness (QED) is 0.789. The van der Waals surface area contributed by atoms with Gasteiger partial charge in [-0.25, -0.2) is 0 Å². The zero-order chi connectivity index (χ0) is 14.6. The topological polar surface area (TPSA) is 15.3 Å². The van der Waals surface area contributed by atoms with Gasteiger partial charge in [0.1, 0.15) is 0 Å². The first-order valence-electron chi connectivity index (χ1n) is 8.19. The number of likely N-dealkylation sites (N-methyl/N-ethyl adjacent to an activating group) is 1. The Balaban J connectivity index is 2.85. The van der Waals surface area contributed by atoms with Crippen LogP contribution in [0.2, 0.25) is 0 Å². The van der Waals surface area contributed by atoms with Crippen LogP contribution >= 0.6 is 0 Å². The highest BCUT2D eigenvalue weighted by atomic mass is 15.2. The first-order chi connectivity index (χ1) is 8.77. The third-order valence-electron chi connectivity index (χ3n) is 4.53. The summed E-state index contributed by atoms with van der Waals surface area (Å²) in [5.74, 6) is 1.50. The van der Waals surface area contributed by atoms with Crippen molar-refractivity contribution in [2.24, 2.45) is 17.3 Å². The Hall–Kier alpha value is -0.0800. The summed E-state index contributed by atoms with van der Waals surface area (Å²) in [4.78, 5) is 2.76. The molecule has 2 unspecified atom stereocenters. The molecule has 2 nitrogen and oxygen atoms in total. The van der Waals surface area contributed by atoms with Crippen LogP contribution in [0.3, 0.4) is 0 Å². The molecule has 0 radical (unpaired) electrons. The van der Waals surface area contributed by atoms with Crippen molar-refractivity contribution in [3.63, 3.8) is 0 Å². The molecule has 0 aromatic carbocycles. The predicted octanol–water partition coefficient (Wildman–Crippen LogP) is 3.77. The minimum Gasteiger partial charge on any atom is -0.315 e. The summed E-state index contributed by atoms with van der Waals surface area (Å²) >= 11 is 0. The predicted molar refractivity (Wildman–Crippen MR) is 85.5 cm³/mol. The Morgan fingerprint density at radius 3 is 2.05 bits per heavy atom. The Bertz CT molecular complexity index is 248. The molecule has 1 aliphatic rings. The lowest BCUT2D eigenvalue weighted by Gasteiger charge is -2.49. The molecule has 0 aromatic heterocycles. The van der Waals surface area contributed by atoms with E-state index in [2.05, 4.69) is 58.8 Å². The van der Waals surface area contributed by atoms with E-state index in [0.29, 0.717) is 17.5 Å². The van der Waals surface area contributed by atoms with Gasteiger partial charge in [-0.1, -0.05) is 48.0 Å². The van der Waals surface area contributed by atoms with E-state index >= 15 is 0 Å². The molecular formula is C17H36N2. The average molecular weight is 268 g/mol. The molecule has 1 aliphatic carbocycles. The second kappa shape index (κ2) is 7.08. The van der Waals surface area contributed by atoms with Crippen molar-refractivity contribution in [1.29, 1.82) is 0 Å². The van der Waals surface area contributed by atoms with Gasteiger partial charge in [0.15, 0.2) is 0 Å². The molecule has 0 aromatic rings. The molecule has 0 heterocycles. The van der Waals surface area contributed by atoms with Gasteiger partial charge >= 0.3 is 0 Å². The summed E-state index contributed by atoms with van der Waals surface area (Å²) in [6.07, 6.45) is 4.09. The molecule has 1 N–H and O–H groups in total. The fourth-order valence-electron chi connectivity index (χ4n) is 3.87. The van der Waals surface area contributed by atoms with E-state index in [9.17, 15) is 0 Å². The standard InChI is InChI=1S/C17H36N2/c1-13(2)11-19(12-14(3)4)15-9-8-10-17(5,6)16(15)18-7/h13-16,18H,8-12H2,1-7H3. The Morgan fingerprint density at radius 2 is 1.63 bits per heavy atom. The summed E-state index contributed by atoms with van der Waals surface area (Å²) in [5, 5.41) is 3.63. The van der Waals surface area contributed by atoms with E-state index in [4.69, 9.17) is 0 Å². The van der Waals surface area contributed by atoms with Crippen LogP contribution in [0, 0.1) is 17.3 Å². The molecule has 2 heteroatoms. The van der Waals surface area contributed by atoms with Crippen molar-refractivity contribution < 1.29 is 0 Å². The van der Waals surface area contributed by atoms with E-state index in [1.807, 2.05) is 0 Å². The zero-order valence-corrected chi connectivity index (χ0v) is 14.3. The van der Waals surface area contributed by atoms with E-state index in [1.165, 1.54) is 32.4 Å². The molecular weight excluding hydrogens is 232 g/mol. The van der Waals surface area contributed by atoms with Crippen LogP contribution in [0.4, 0.5) is 0 Å². The Kier molecular flexibility index (Phi) is 6.32. The largest absolute Gasteiger partial charge is 0.315 e. The number of nitrogens with one attached hydrogen (secondary N) is 1. The van der Waals surface area contributed by atoms with Crippen molar-refractivity contribution in [1.82, 2.24) is 10.2 Å². The van der Waals surface area contributed by atoms with E-state index < -0.39 is 0 Å². The van der Waals surface area contributed by atoms with Gasteiger partial charge < -0.3 is 5.32 Å². The van der Waals surface area contributed by atoms with Crippen molar-refractivity contribution in [3.8, 4) is 0 Å². The second-order valence-electron chi connectivity index (χ2n) is 7.96. The highest BCUT2D eigenvalue weighted by molar-refractivity contribution is 4.97. The molecule has 1 rings (SSSR count). The first-order valence-corrected chi connectivity index (χ1v) is 8.19. The normalized spacial score (nSPS) is 27.5. The molecule has 0 bridgehead atoms.